The molecule has 10 fully saturated rings. The van der Waals surface area contributed by atoms with Gasteiger partial charge < -0.3 is 154 Å². The Morgan fingerprint density at radius 2 is 0.990 bits per heavy atom. The van der Waals surface area contributed by atoms with Crippen LogP contribution in [0.5, 0.6) is 0 Å². The average molecular weight is 1400 g/mol. The lowest BCUT2D eigenvalue weighted by Crippen LogP contribution is -2.69. The summed E-state index contributed by atoms with van der Waals surface area (Å²) in [5.41, 5.74) is -1.83. The summed E-state index contributed by atoms with van der Waals surface area (Å²) in [5, 5.41) is 208. The topological polar surface area (TPSA) is 512 Å². The van der Waals surface area contributed by atoms with E-state index in [2.05, 4.69) is 47.6 Å². The lowest BCUT2D eigenvalue weighted by molar-refractivity contribution is -0.410. The van der Waals surface area contributed by atoms with Gasteiger partial charge in [-0.1, -0.05) is 60.1 Å². The molecule has 0 radical (unpaired) electrons. The number of rotatable bonds is 17. The largest absolute Gasteiger partial charge is 0.479 e. The molecule has 5 unspecified atom stereocenters. The van der Waals surface area contributed by atoms with Crippen molar-refractivity contribution in [3.05, 3.63) is 11.6 Å². The van der Waals surface area contributed by atoms with E-state index in [-0.39, 0.29) is 47.0 Å². The summed E-state index contributed by atoms with van der Waals surface area (Å²) >= 11 is 0. The molecule has 11 rings (SSSR count). The number of ether oxygens (including phenoxy) is 12. The standard InChI is InChI=1S/C65H106O32/c1-24-35(71)40(76)45(81)54(87-24)97-52-48(93-55-46(82)41(77)37(73)28(19-66)88-55)39(75)30(21-68)90-59(52)96-51-44(80)43(79)49(53(84)85)94-58(51)91-33-12-13-62(5)31(63(33,6)23-69)11-14-65(8)32(62)10-9-25-26-17-60(2,3)18-34(61(26,4)15-16-64(25,65)7)92-57-50(36(72)27(70)22-86-57)95-56-47(83)42(78)38(74)29(20-67)89-56/h9,24,26-52,54-59,66-83H,10-23H2,1-8H3,(H,84,85)/t24-,26?,27-,28+,29+,30+,31+,32+,33?,34?,35-,36-,37+,38+,39-,40+,41-,42-,43-,44-,45+,46+,47+,48-,49-,50+,51+,52+,54-,55-,56-,57-,58+,59-,61?,62-,63?,64+,65+/m0/s1. The van der Waals surface area contributed by atoms with Gasteiger partial charge >= 0.3 is 5.97 Å². The Bertz CT molecular complexity index is 2730. The first-order chi connectivity index (χ1) is 45.5. The number of fused-ring (bicyclic) bond motifs is 7. The minimum atomic E-state index is -2.24. The van der Waals surface area contributed by atoms with Crippen molar-refractivity contribution in [2.75, 3.05) is 33.0 Å². The van der Waals surface area contributed by atoms with Gasteiger partial charge in [0.15, 0.2) is 43.8 Å². The zero-order valence-electron chi connectivity index (χ0n) is 55.9. The van der Waals surface area contributed by atoms with Crippen LogP contribution in [0.1, 0.15) is 113 Å². The second-order valence-corrected chi connectivity index (χ2v) is 31.6. The van der Waals surface area contributed by atoms with Crippen molar-refractivity contribution in [3.8, 4) is 0 Å². The molecule has 6 aliphatic heterocycles. The Kier molecular flexibility index (Phi) is 22.4. The smallest absolute Gasteiger partial charge is 0.335 e. The fraction of sp³-hybridized carbons (Fsp3) is 0.954. The SMILES string of the molecule is C[C@@H]1O[C@@H](O[C@H]2[C@H](O[C@H]3[C@H](OC4CC[C@]5(C)[C@H]6CC=C7C8CC(C)(C)CC(O[C@@H]9OC[C@H](O)[C@H](O)[C@H]9O[C@@H]9O[C@H](CO)[C@@H](O)[C@H](O)[C@H]9O)C8(C)CC[C@@]7(C)[C@]6(C)CC[C@H]5C4(C)CO)O[C@H](C(=O)O)[C@@H](O)[C@@H]3O)O[C@H](CO)[C@H](O)[C@@H]2O[C@@H]2O[C@H](CO)[C@@H](O)[C@H](O)[C@H]2O)[C@H](O)[C@H](O)[C@H]1O. The first kappa shape index (κ1) is 76.1. The molecule has 0 aromatic heterocycles. The number of allylic oxidation sites excluding steroid dienone is 2. The third-order valence-corrected chi connectivity index (χ3v) is 25.5. The molecule has 11 aliphatic rings. The van der Waals surface area contributed by atoms with Gasteiger partial charge in [-0.15, -0.1) is 0 Å². The van der Waals surface area contributed by atoms with Gasteiger partial charge in [0.25, 0.3) is 0 Å². The van der Waals surface area contributed by atoms with E-state index >= 15 is 0 Å². The molecule has 39 atom stereocenters. The molecule has 0 aromatic rings. The highest BCUT2D eigenvalue weighted by Crippen LogP contribution is 2.76. The van der Waals surface area contributed by atoms with Crippen LogP contribution in [0.3, 0.4) is 0 Å². The Morgan fingerprint density at radius 3 is 1.58 bits per heavy atom. The van der Waals surface area contributed by atoms with Gasteiger partial charge in [-0.05, 0) is 104 Å². The second-order valence-electron chi connectivity index (χ2n) is 31.6. The van der Waals surface area contributed by atoms with Gasteiger partial charge in [0.05, 0.1) is 51.3 Å². The lowest BCUT2D eigenvalue weighted by atomic mass is 9.33. The van der Waals surface area contributed by atoms with E-state index in [9.17, 15) is 102 Å². The van der Waals surface area contributed by atoms with Crippen LogP contribution in [0, 0.1) is 50.2 Å². The van der Waals surface area contributed by atoms with Crippen molar-refractivity contribution in [2.45, 2.75) is 304 Å². The van der Waals surface area contributed by atoms with E-state index in [0.717, 1.165) is 12.8 Å². The molecule has 32 nitrogen and oxygen atoms in total. The Balaban J connectivity index is 0.861. The third-order valence-electron chi connectivity index (χ3n) is 25.5. The van der Waals surface area contributed by atoms with Crippen LogP contribution in [0.25, 0.3) is 0 Å². The molecule has 19 N–H and O–H groups in total. The van der Waals surface area contributed by atoms with Crippen molar-refractivity contribution in [2.24, 2.45) is 50.2 Å². The number of carboxylic acid groups (broad SMARTS) is 1. The van der Waals surface area contributed by atoms with Crippen LogP contribution < -0.4 is 0 Å². The van der Waals surface area contributed by atoms with Crippen molar-refractivity contribution >= 4 is 5.97 Å². The summed E-state index contributed by atoms with van der Waals surface area (Å²) in [5.74, 6) is -1.97. The lowest BCUT2D eigenvalue weighted by Gasteiger charge is -2.72. The summed E-state index contributed by atoms with van der Waals surface area (Å²) in [6.07, 6.45) is -46.2. The van der Waals surface area contributed by atoms with E-state index in [1.165, 1.54) is 12.5 Å². The highest BCUT2D eigenvalue weighted by molar-refractivity contribution is 5.73. The summed E-state index contributed by atoms with van der Waals surface area (Å²) in [6.45, 7) is 13.4. The predicted molar refractivity (Wildman–Crippen MR) is 322 cm³/mol. The van der Waals surface area contributed by atoms with Crippen molar-refractivity contribution in [1.29, 1.82) is 0 Å². The number of aliphatic carboxylic acids is 1. The van der Waals surface area contributed by atoms with Crippen molar-refractivity contribution in [3.63, 3.8) is 0 Å². The molecule has 6 heterocycles. The highest BCUT2D eigenvalue weighted by Gasteiger charge is 2.71. The molecule has 32 heteroatoms. The first-order valence-corrected chi connectivity index (χ1v) is 34.2. The number of aliphatic hydroxyl groups excluding tert-OH is 18. The van der Waals surface area contributed by atoms with Gasteiger partial charge in [-0.2, -0.15) is 0 Å². The van der Waals surface area contributed by atoms with Gasteiger partial charge in [-0.3, -0.25) is 0 Å². The molecule has 0 bridgehead atoms. The second kappa shape index (κ2) is 28.5. The van der Waals surface area contributed by atoms with Gasteiger partial charge in [0.2, 0.25) is 0 Å². The number of carbonyl (C=O) groups is 1. The fourth-order valence-corrected chi connectivity index (χ4v) is 19.3. The van der Waals surface area contributed by atoms with Crippen molar-refractivity contribution < 1.29 is 159 Å². The first-order valence-electron chi connectivity index (χ1n) is 34.2. The minimum Gasteiger partial charge on any atom is -0.479 e. The highest BCUT2D eigenvalue weighted by atomic mass is 16.8. The number of aliphatic hydroxyl groups is 18. The number of hydrogen-bond donors (Lipinski definition) is 19. The maximum Gasteiger partial charge on any atom is 0.335 e. The number of hydrogen-bond acceptors (Lipinski definition) is 31. The predicted octanol–water partition coefficient (Wildman–Crippen LogP) is -5.18. The van der Waals surface area contributed by atoms with E-state index in [1.54, 1.807) is 0 Å². The van der Waals surface area contributed by atoms with E-state index < -0.39 is 239 Å². The quantitative estimate of drug-likeness (QED) is 0.0478. The molecule has 4 saturated carbocycles. The van der Waals surface area contributed by atoms with Gasteiger partial charge in [0, 0.05) is 10.8 Å². The summed E-state index contributed by atoms with van der Waals surface area (Å²) in [6, 6.07) is 0. The Labute approximate surface area is 561 Å². The van der Waals surface area contributed by atoms with Crippen LogP contribution in [0.15, 0.2) is 11.6 Å². The zero-order valence-corrected chi connectivity index (χ0v) is 55.9. The summed E-state index contributed by atoms with van der Waals surface area (Å²) in [7, 11) is 0. The monoisotopic (exact) mass is 1400 g/mol. The van der Waals surface area contributed by atoms with Gasteiger partial charge in [0.1, 0.15) is 128 Å². The van der Waals surface area contributed by atoms with E-state index in [0.29, 0.717) is 38.5 Å². The van der Waals surface area contributed by atoms with Crippen molar-refractivity contribution in [1.82, 2.24) is 0 Å². The molecular weight excluding hydrogens is 1290 g/mol. The normalized spacial score (nSPS) is 55.5. The molecule has 5 aliphatic carbocycles. The summed E-state index contributed by atoms with van der Waals surface area (Å²) < 4.78 is 74.0. The zero-order chi connectivity index (χ0) is 70.9. The third kappa shape index (κ3) is 13.0. The van der Waals surface area contributed by atoms with E-state index in [1.807, 2.05) is 6.92 Å². The van der Waals surface area contributed by atoms with E-state index in [4.69, 9.17) is 56.8 Å². The van der Waals surface area contributed by atoms with Crippen LogP contribution >= 0.6 is 0 Å². The maximum atomic E-state index is 12.9. The minimum absolute atomic E-state index is 0.0210. The van der Waals surface area contributed by atoms with Crippen LogP contribution in [0.2, 0.25) is 0 Å². The number of carboxylic acids is 1. The molecule has 0 aromatic carbocycles. The molecule has 6 saturated heterocycles. The Morgan fingerprint density at radius 1 is 0.474 bits per heavy atom. The van der Waals surface area contributed by atoms with Crippen LogP contribution in [-0.4, -0.2) is 326 Å². The molecule has 0 spiro atoms. The maximum absolute atomic E-state index is 12.9. The van der Waals surface area contributed by atoms with Gasteiger partial charge in [-0.25, -0.2) is 4.79 Å². The Hall–Kier alpha value is -1.99. The fourth-order valence-electron chi connectivity index (χ4n) is 19.3. The average Bonchev–Trinajstić information content (AvgIpc) is 0.675. The molecular formula is C65H106O32. The van der Waals surface area contributed by atoms with Crippen LogP contribution in [0.4, 0.5) is 0 Å². The molecule has 97 heavy (non-hydrogen) atoms. The molecule has 558 valence electrons. The summed E-state index contributed by atoms with van der Waals surface area (Å²) in [4.78, 5) is 12.9. The van der Waals surface area contributed by atoms with Crippen LogP contribution in [-0.2, 0) is 61.6 Å². The molecule has 0 amide bonds.